The highest BCUT2D eigenvalue weighted by molar-refractivity contribution is 5.94. The molecule has 4 rings (SSSR count). The van der Waals surface area contributed by atoms with Gasteiger partial charge in [0.05, 0.1) is 39.0 Å². The number of methoxy groups -OCH3 is 1. The molecule has 0 spiro atoms. The van der Waals surface area contributed by atoms with E-state index in [0.717, 1.165) is 36.6 Å². The van der Waals surface area contributed by atoms with Gasteiger partial charge in [0.2, 0.25) is 0 Å². The summed E-state index contributed by atoms with van der Waals surface area (Å²) in [5, 5.41) is 4.30. The van der Waals surface area contributed by atoms with E-state index in [-0.39, 0.29) is 17.5 Å². The highest BCUT2D eigenvalue weighted by atomic mass is 19.1. The Morgan fingerprint density at radius 2 is 1.87 bits per heavy atom. The van der Waals surface area contributed by atoms with Gasteiger partial charge in [-0.15, -0.1) is 0 Å². The fourth-order valence-electron chi connectivity index (χ4n) is 3.88. The lowest BCUT2D eigenvalue weighted by molar-refractivity contribution is -0.917. The van der Waals surface area contributed by atoms with E-state index in [4.69, 9.17) is 4.74 Å². The Labute approximate surface area is 175 Å². The van der Waals surface area contributed by atoms with Crippen LogP contribution in [0, 0.1) is 12.7 Å². The highest BCUT2D eigenvalue weighted by Crippen LogP contribution is 2.17. The van der Waals surface area contributed by atoms with Crippen LogP contribution in [0.1, 0.15) is 21.6 Å². The second kappa shape index (κ2) is 8.67. The Morgan fingerprint density at radius 3 is 2.47 bits per heavy atom. The largest absolute Gasteiger partial charge is 0.494 e. The summed E-state index contributed by atoms with van der Waals surface area (Å²) in [7, 11) is 1.46. The summed E-state index contributed by atoms with van der Waals surface area (Å²) in [6.07, 6.45) is 1.76. The van der Waals surface area contributed by atoms with E-state index in [1.807, 2.05) is 52.9 Å². The van der Waals surface area contributed by atoms with Crippen molar-refractivity contribution in [2.45, 2.75) is 13.5 Å². The average Bonchev–Trinajstić information content (AvgIpc) is 3.20. The van der Waals surface area contributed by atoms with Gasteiger partial charge in [-0.25, -0.2) is 9.07 Å². The molecule has 0 saturated carbocycles. The summed E-state index contributed by atoms with van der Waals surface area (Å²) in [4.78, 5) is 16.1. The van der Waals surface area contributed by atoms with Crippen LogP contribution in [-0.2, 0) is 6.54 Å². The second-order valence-electron chi connectivity index (χ2n) is 7.62. The fraction of sp³-hybridized carbons (Fsp3) is 0.304. The van der Waals surface area contributed by atoms with Crippen molar-refractivity contribution in [2.75, 3.05) is 33.3 Å². The fourth-order valence-corrected chi connectivity index (χ4v) is 3.88. The van der Waals surface area contributed by atoms with Crippen LogP contribution in [0.15, 0.2) is 54.7 Å². The van der Waals surface area contributed by atoms with Crippen LogP contribution in [-0.4, -0.2) is 53.9 Å². The van der Waals surface area contributed by atoms with Crippen molar-refractivity contribution in [1.82, 2.24) is 14.7 Å². The number of rotatable bonds is 5. The first-order chi connectivity index (χ1) is 14.5. The number of carbonyl (C=O) groups excluding carboxylic acids is 1. The zero-order chi connectivity index (χ0) is 21.1. The molecule has 2 heterocycles. The number of carbonyl (C=O) groups is 1. The highest BCUT2D eigenvalue weighted by Gasteiger charge is 2.25. The van der Waals surface area contributed by atoms with Crippen LogP contribution < -0.4 is 9.64 Å². The number of benzene rings is 2. The molecule has 2 aromatic carbocycles. The van der Waals surface area contributed by atoms with Gasteiger partial charge in [-0.3, -0.25) is 4.79 Å². The molecule has 1 aliphatic rings. The van der Waals surface area contributed by atoms with E-state index in [2.05, 4.69) is 5.10 Å². The summed E-state index contributed by atoms with van der Waals surface area (Å²) in [6.45, 7) is 5.78. The number of hydrogen-bond donors (Lipinski definition) is 1. The smallest absolute Gasteiger partial charge is 0.254 e. The predicted octanol–water partition coefficient (Wildman–Crippen LogP) is 1.87. The number of aromatic nitrogens is 2. The van der Waals surface area contributed by atoms with E-state index in [0.29, 0.717) is 18.7 Å². The molecular formula is C23H26FN4O2+. The van der Waals surface area contributed by atoms with E-state index >= 15 is 0 Å². The summed E-state index contributed by atoms with van der Waals surface area (Å²) in [6, 6.07) is 14.6. The van der Waals surface area contributed by atoms with Crippen LogP contribution in [0.2, 0.25) is 0 Å². The average molecular weight is 409 g/mol. The van der Waals surface area contributed by atoms with Crippen molar-refractivity contribution in [2.24, 2.45) is 0 Å². The quantitative estimate of drug-likeness (QED) is 0.700. The molecule has 30 heavy (non-hydrogen) atoms. The molecule has 0 bridgehead atoms. The van der Waals surface area contributed by atoms with Crippen LogP contribution in [0.5, 0.6) is 5.75 Å². The Kier molecular flexibility index (Phi) is 5.81. The lowest BCUT2D eigenvalue weighted by Gasteiger charge is -2.32. The Morgan fingerprint density at radius 1 is 1.13 bits per heavy atom. The molecule has 1 aliphatic heterocycles. The molecule has 3 aromatic rings. The van der Waals surface area contributed by atoms with Gasteiger partial charge in [0.15, 0.2) is 11.6 Å². The maximum Gasteiger partial charge on any atom is 0.254 e. The minimum Gasteiger partial charge on any atom is -0.494 e. The van der Waals surface area contributed by atoms with Crippen molar-refractivity contribution in [3.63, 3.8) is 0 Å². The molecule has 6 nitrogen and oxygen atoms in total. The van der Waals surface area contributed by atoms with E-state index < -0.39 is 0 Å². The maximum absolute atomic E-state index is 13.9. The maximum atomic E-state index is 13.9. The standard InChI is InChI=1S/C23H25FN4O2/c1-17-9-10-25-28(17)20-6-4-19(5-7-20)23(29)27-13-11-26(12-14-27)16-18-3-8-22(30-2)21(24)15-18/h3-10,15H,11-14,16H2,1-2H3/p+1. The number of quaternary nitrogens is 1. The molecule has 1 N–H and O–H groups in total. The monoisotopic (exact) mass is 409 g/mol. The van der Waals surface area contributed by atoms with Gasteiger partial charge >= 0.3 is 0 Å². The Balaban J connectivity index is 1.34. The van der Waals surface area contributed by atoms with Gasteiger partial charge in [0.25, 0.3) is 5.91 Å². The number of ether oxygens (including phenoxy) is 1. The van der Waals surface area contributed by atoms with Crippen molar-refractivity contribution >= 4 is 5.91 Å². The van der Waals surface area contributed by atoms with Crippen molar-refractivity contribution < 1.29 is 18.8 Å². The number of halogens is 1. The molecule has 1 amide bonds. The second-order valence-corrected chi connectivity index (χ2v) is 7.62. The number of piperazine rings is 1. The van der Waals surface area contributed by atoms with E-state index in [9.17, 15) is 9.18 Å². The summed E-state index contributed by atoms with van der Waals surface area (Å²) in [5.41, 5.74) is 3.61. The van der Waals surface area contributed by atoms with Gasteiger partial charge in [0.1, 0.15) is 6.54 Å². The SMILES string of the molecule is COc1ccc(C[NH+]2CCN(C(=O)c3ccc(-n4nccc4C)cc3)CC2)cc1F. The van der Waals surface area contributed by atoms with Crippen molar-refractivity contribution in [3.8, 4) is 11.4 Å². The van der Waals surface area contributed by atoms with Crippen LogP contribution in [0.3, 0.4) is 0 Å². The zero-order valence-electron chi connectivity index (χ0n) is 17.3. The lowest BCUT2D eigenvalue weighted by atomic mass is 10.1. The van der Waals surface area contributed by atoms with Crippen LogP contribution in [0.25, 0.3) is 5.69 Å². The predicted molar refractivity (Wildman–Crippen MR) is 112 cm³/mol. The first-order valence-electron chi connectivity index (χ1n) is 10.1. The Bertz CT molecular complexity index is 1020. The van der Waals surface area contributed by atoms with Gasteiger partial charge in [-0.1, -0.05) is 0 Å². The molecule has 0 atom stereocenters. The summed E-state index contributed by atoms with van der Waals surface area (Å²) >= 11 is 0. The zero-order valence-corrected chi connectivity index (χ0v) is 17.3. The molecule has 0 unspecified atom stereocenters. The molecule has 1 saturated heterocycles. The molecule has 1 aromatic heterocycles. The first kappa shape index (κ1) is 20.1. The number of aryl methyl sites for hydroxylation is 1. The molecule has 7 heteroatoms. The summed E-state index contributed by atoms with van der Waals surface area (Å²) in [5.74, 6) is -0.0249. The van der Waals surface area contributed by atoms with Crippen molar-refractivity contribution in [3.05, 3.63) is 77.4 Å². The third kappa shape index (κ3) is 4.21. The molecule has 0 aliphatic carbocycles. The number of nitrogens with one attached hydrogen (secondary N) is 1. The Hall–Kier alpha value is -3.19. The van der Waals surface area contributed by atoms with Gasteiger partial charge in [-0.2, -0.15) is 5.10 Å². The first-order valence-corrected chi connectivity index (χ1v) is 10.1. The minimum absolute atomic E-state index is 0.0493. The molecule has 1 fully saturated rings. The minimum atomic E-state index is -0.336. The number of amides is 1. The van der Waals surface area contributed by atoms with Gasteiger partial charge in [-0.05, 0) is 55.5 Å². The van der Waals surface area contributed by atoms with E-state index in [1.54, 1.807) is 12.3 Å². The van der Waals surface area contributed by atoms with E-state index in [1.165, 1.54) is 18.1 Å². The molecule has 156 valence electrons. The topological polar surface area (TPSA) is 51.8 Å². The van der Waals surface area contributed by atoms with Crippen LogP contribution >= 0.6 is 0 Å². The van der Waals surface area contributed by atoms with Crippen LogP contribution in [0.4, 0.5) is 4.39 Å². The molecule has 0 radical (unpaired) electrons. The molecular weight excluding hydrogens is 383 g/mol. The summed E-state index contributed by atoms with van der Waals surface area (Å²) < 4.78 is 20.7. The third-order valence-corrected chi connectivity index (χ3v) is 5.62. The normalized spacial score (nSPS) is 14.7. The number of hydrogen-bond acceptors (Lipinski definition) is 3. The lowest BCUT2D eigenvalue weighted by Crippen LogP contribution is -3.13. The van der Waals surface area contributed by atoms with Gasteiger partial charge < -0.3 is 14.5 Å². The number of nitrogens with zero attached hydrogens (tertiary/aromatic N) is 3. The van der Waals surface area contributed by atoms with Gasteiger partial charge in [0, 0.05) is 23.0 Å². The third-order valence-electron chi connectivity index (χ3n) is 5.62. The van der Waals surface area contributed by atoms with Crippen molar-refractivity contribution in [1.29, 1.82) is 0 Å².